The van der Waals surface area contributed by atoms with Crippen LogP contribution in [0.5, 0.6) is 0 Å². The molecule has 1 fully saturated rings. The number of nitrogens with two attached hydrogens (primary N) is 1. The maximum absolute atomic E-state index is 11.4. The van der Waals surface area contributed by atoms with Crippen LogP contribution in [0.3, 0.4) is 0 Å². The number of aliphatic carboxylic acids is 1. The van der Waals surface area contributed by atoms with Crippen LogP contribution in [0.1, 0.15) is 30.3 Å². The number of anilines is 1. The number of amides is 1. The van der Waals surface area contributed by atoms with Crippen molar-refractivity contribution in [2.24, 2.45) is 5.73 Å². The van der Waals surface area contributed by atoms with Crippen LogP contribution < -0.4 is 10.6 Å². The van der Waals surface area contributed by atoms with Crippen LogP contribution >= 0.6 is 0 Å². The van der Waals surface area contributed by atoms with Crippen molar-refractivity contribution in [2.45, 2.75) is 25.3 Å². The van der Waals surface area contributed by atoms with Gasteiger partial charge >= 0.3 is 5.97 Å². The van der Waals surface area contributed by atoms with E-state index in [0.29, 0.717) is 18.7 Å². The summed E-state index contributed by atoms with van der Waals surface area (Å²) in [5, 5.41) is 9.33. The largest absolute Gasteiger partial charge is 0.480 e. The van der Waals surface area contributed by atoms with Crippen molar-refractivity contribution < 1.29 is 14.7 Å². The Kier molecular flexibility index (Phi) is 2.94. The molecule has 1 aromatic heterocycles. The number of nitrogens with zero attached hydrogens (tertiary/aromatic N) is 2. The van der Waals surface area contributed by atoms with E-state index in [1.54, 1.807) is 17.9 Å². The van der Waals surface area contributed by atoms with Gasteiger partial charge in [0.15, 0.2) is 0 Å². The van der Waals surface area contributed by atoms with Crippen LogP contribution in [0.15, 0.2) is 18.3 Å². The summed E-state index contributed by atoms with van der Waals surface area (Å²) in [6.45, 7) is 2.33. The van der Waals surface area contributed by atoms with E-state index >= 15 is 0 Å². The average molecular weight is 249 g/mol. The molecule has 2 rings (SSSR count). The molecule has 0 radical (unpaired) electrons. The number of pyridine rings is 1. The summed E-state index contributed by atoms with van der Waals surface area (Å²) in [5.74, 6) is -1.48. The van der Waals surface area contributed by atoms with Gasteiger partial charge in [-0.25, -0.2) is 4.79 Å². The van der Waals surface area contributed by atoms with Crippen molar-refractivity contribution in [3.05, 3.63) is 24.0 Å². The maximum atomic E-state index is 11.4. The number of carboxylic acids is 1. The van der Waals surface area contributed by atoms with Crippen LogP contribution in [0.4, 0.5) is 5.69 Å². The predicted molar refractivity (Wildman–Crippen MR) is 65.4 cm³/mol. The molecule has 0 aliphatic carbocycles. The van der Waals surface area contributed by atoms with E-state index < -0.39 is 17.4 Å². The van der Waals surface area contributed by atoms with Gasteiger partial charge in [0.1, 0.15) is 11.2 Å². The van der Waals surface area contributed by atoms with Crippen LogP contribution in [0, 0.1) is 0 Å². The highest BCUT2D eigenvalue weighted by Gasteiger charge is 2.43. The van der Waals surface area contributed by atoms with Gasteiger partial charge < -0.3 is 15.7 Å². The minimum Gasteiger partial charge on any atom is -0.480 e. The van der Waals surface area contributed by atoms with Gasteiger partial charge in [-0.05, 0) is 31.9 Å². The normalized spacial score (nSPS) is 23.1. The van der Waals surface area contributed by atoms with E-state index in [9.17, 15) is 14.7 Å². The van der Waals surface area contributed by atoms with Crippen LogP contribution in [-0.4, -0.2) is 34.1 Å². The lowest BCUT2D eigenvalue weighted by molar-refractivity contribution is -0.142. The molecule has 1 amide bonds. The topological polar surface area (TPSA) is 96.5 Å². The summed E-state index contributed by atoms with van der Waals surface area (Å²) in [7, 11) is 0. The summed E-state index contributed by atoms with van der Waals surface area (Å²) in [6, 6.07) is 3.23. The molecule has 2 heterocycles. The second kappa shape index (κ2) is 4.29. The summed E-state index contributed by atoms with van der Waals surface area (Å²) in [6.07, 6.45) is 2.85. The zero-order valence-corrected chi connectivity index (χ0v) is 10.1. The lowest BCUT2D eigenvalue weighted by Crippen LogP contribution is -2.48. The average Bonchev–Trinajstić information content (AvgIpc) is 2.73. The Morgan fingerprint density at radius 2 is 2.28 bits per heavy atom. The van der Waals surface area contributed by atoms with Gasteiger partial charge in [0.05, 0.1) is 0 Å². The Morgan fingerprint density at radius 3 is 2.89 bits per heavy atom. The SMILES string of the molecule is CC1(C(=O)O)CCCN1c1ccnc(C(N)=O)c1. The lowest BCUT2D eigenvalue weighted by Gasteiger charge is -2.33. The third kappa shape index (κ3) is 1.90. The molecule has 0 aromatic carbocycles. The van der Waals surface area contributed by atoms with Crippen LogP contribution in [0.25, 0.3) is 0 Å². The van der Waals surface area contributed by atoms with Crippen molar-refractivity contribution in [1.82, 2.24) is 4.98 Å². The molecule has 1 aliphatic rings. The standard InChI is InChI=1S/C12H15N3O3/c1-12(11(17)18)4-2-6-15(12)8-3-5-14-9(7-8)10(13)16/h3,5,7H,2,4,6H2,1H3,(H2,13,16)(H,17,18). The number of hydrogen-bond donors (Lipinski definition) is 2. The van der Waals surface area contributed by atoms with E-state index in [4.69, 9.17) is 5.73 Å². The van der Waals surface area contributed by atoms with Gasteiger partial charge in [-0.2, -0.15) is 0 Å². The smallest absolute Gasteiger partial charge is 0.329 e. The summed E-state index contributed by atoms with van der Waals surface area (Å²) < 4.78 is 0. The first-order valence-corrected chi connectivity index (χ1v) is 5.72. The van der Waals surface area contributed by atoms with Gasteiger partial charge in [0.2, 0.25) is 0 Å². The molecule has 96 valence electrons. The fraction of sp³-hybridized carbons (Fsp3) is 0.417. The summed E-state index contributed by atoms with van der Waals surface area (Å²) in [5.41, 5.74) is 5.05. The molecule has 1 aromatic rings. The number of carboxylic acid groups (broad SMARTS) is 1. The molecular formula is C12H15N3O3. The number of aromatic nitrogens is 1. The molecule has 1 unspecified atom stereocenters. The Hall–Kier alpha value is -2.11. The zero-order chi connectivity index (χ0) is 13.3. The van der Waals surface area contributed by atoms with Crippen molar-refractivity contribution in [1.29, 1.82) is 0 Å². The molecule has 1 saturated heterocycles. The second-order valence-electron chi connectivity index (χ2n) is 4.60. The van der Waals surface area contributed by atoms with E-state index in [1.165, 1.54) is 12.3 Å². The van der Waals surface area contributed by atoms with Gasteiger partial charge in [0.25, 0.3) is 5.91 Å². The first kappa shape index (κ1) is 12.3. The number of primary amides is 1. The first-order chi connectivity index (χ1) is 8.45. The minimum absolute atomic E-state index is 0.145. The number of hydrogen-bond acceptors (Lipinski definition) is 4. The molecule has 18 heavy (non-hydrogen) atoms. The fourth-order valence-electron chi connectivity index (χ4n) is 2.32. The molecule has 0 spiro atoms. The Labute approximate surface area is 104 Å². The van der Waals surface area contributed by atoms with Crippen LogP contribution in [0.2, 0.25) is 0 Å². The highest BCUT2D eigenvalue weighted by molar-refractivity contribution is 5.92. The number of rotatable bonds is 3. The summed E-state index contributed by atoms with van der Waals surface area (Å²) in [4.78, 5) is 28.1. The molecule has 6 nitrogen and oxygen atoms in total. The predicted octanol–water partition coefficient (Wildman–Crippen LogP) is 0.624. The zero-order valence-electron chi connectivity index (χ0n) is 10.1. The van der Waals surface area contributed by atoms with Crippen molar-refractivity contribution in [3.63, 3.8) is 0 Å². The third-order valence-electron chi connectivity index (χ3n) is 3.41. The first-order valence-electron chi connectivity index (χ1n) is 5.72. The van der Waals surface area contributed by atoms with E-state index in [2.05, 4.69) is 4.98 Å². The highest BCUT2D eigenvalue weighted by Crippen LogP contribution is 2.34. The van der Waals surface area contributed by atoms with E-state index in [-0.39, 0.29) is 5.69 Å². The Morgan fingerprint density at radius 1 is 1.56 bits per heavy atom. The van der Waals surface area contributed by atoms with E-state index in [1.807, 2.05) is 0 Å². The van der Waals surface area contributed by atoms with E-state index in [0.717, 1.165) is 6.42 Å². The molecule has 0 saturated carbocycles. The monoisotopic (exact) mass is 249 g/mol. The molecule has 0 bridgehead atoms. The maximum Gasteiger partial charge on any atom is 0.329 e. The fourth-order valence-corrected chi connectivity index (χ4v) is 2.32. The van der Waals surface area contributed by atoms with Crippen LogP contribution in [-0.2, 0) is 4.79 Å². The Bertz CT molecular complexity index is 503. The van der Waals surface area contributed by atoms with Crippen molar-refractivity contribution >= 4 is 17.6 Å². The van der Waals surface area contributed by atoms with Gasteiger partial charge in [-0.3, -0.25) is 9.78 Å². The molecule has 3 N–H and O–H groups in total. The quantitative estimate of drug-likeness (QED) is 0.818. The number of carbonyl (C=O) groups is 2. The second-order valence-corrected chi connectivity index (χ2v) is 4.60. The van der Waals surface area contributed by atoms with Crippen molar-refractivity contribution in [3.8, 4) is 0 Å². The highest BCUT2D eigenvalue weighted by atomic mass is 16.4. The molecule has 6 heteroatoms. The van der Waals surface area contributed by atoms with Crippen molar-refractivity contribution in [2.75, 3.05) is 11.4 Å². The Balaban J connectivity index is 2.39. The molecule has 1 atom stereocenters. The van der Waals surface area contributed by atoms with Gasteiger partial charge in [0, 0.05) is 18.4 Å². The molecular weight excluding hydrogens is 234 g/mol. The summed E-state index contributed by atoms with van der Waals surface area (Å²) >= 11 is 0. The molecule has 1 aliphatic heterocycles. The number of carbonyl (C=O) groups excluding carboxylic acids is 1. The van der Waals surface area contributed by atoms with Gasteiger partial charge in [-0.1, -0.05) is 0 Å². The lowest BCUT2D eigenvalue weighted by atomic mass is 9.99. The van der Waals surface area contributed by atoms with Gasteiger partial charge in [-0.15, -0.1) is 0 Å². The third-order valence-corrected chi connectivity index (χ3v) is 3.41. The minimum atomic E-state index is -0.934.